The topological polar surface area (TPSA) is 91.6 Å². The van der Waals surface area contributed by atoms with Gasteiger partial charge in [0.25, 0.3) is 0 Å². The summed E-state index contributed by atoms with van der Waals surface area (Å²) in [5, 5.41) is 35.2. The Labute approximate surface area is 86.5 Å². The SMILES string of the molecule is N#CC(C#N)=C(O)c1cccc(C#N)c1. The van der Waals surface area contributed by atoms with Crippen LogP contribution >= 0.6 is 0 Å². The van der Waals surface area contributed by atoms with Crippen LogP contribution in [0.15, 0.2) is 29.8 Å². The van der Waals surface area contributed by atoms with Crippen molar-refractivity contribution in [2.75, 3.05) is 0 Å². The standard InChI is InChI=1S/C11H5N3O/c12-5-8-2-1-3-9(4-8)11(15)10(6-13)7-14/h1-4,15H. The van der Waals surface area contributed by atoms with Gasteiger partial charge in [-0.2, -0.15) is 15.8 Å². The van der Waals surface area contributed by atoms with Crippen molar-refractivity contribution < 1.29 is 5.11 Å². The number of aliphatic hydroxyl groups excluding tert-OH is 1. The highest BCUT2D eigenvalue weighted by Crippen LogP contribution is 2.16. The number of aliphatic hydroxyl groups is 1. The van der Waals surface area contributed by atoms with Gasteiger partial charge in [0.05, 0.1) is 11.6 Å². The molecule has 1 rings (SSSR count). The van der Waals surface area contributed by atoms with Gasteiger partial charge >= 0.3 is 0 Å². The van der Waals surface area contributed by atoms with Gasteiger partial charge < -0.3 is 5.11 Å². The Morgan fingerprint density at radius 1 is 1.13 bits per heavy atom. The van der Waals surface area contributed by atoms with Gasteiger partial charge in [-0.1, -0.05) is 12.1 Å². The third kappa shape index (κ3) is 2.12. The minimum absolute atomic E-state index is 0.284. The summed E-state index contributed by atoms with van der Waals surface area (Å²) in [5.74, 6) is -0.405. The average molecular weight is 195 g/mol. The minimum atomic E-state index is -0.405. The fraction of sp³-hybridized carbons (Fsp3) is 0. The second-order valence-electron chi connectivity index (χ2n) is 2.64. The van der Waals surface area contributed by atoms with Crippen LogP contribution in [0, 0.1) is 34.0 Å². The number of hydrogen-bond acceptors (Lipinski definition) is 4. The number of rotatable bonds is 1. The van der Waals surface area contributed by atoms with Gasteiger partial charge in [-0.25, -0.2) is 0 Å². The zero-order valence-corrected chi connectivity index (χ0v) is 7.60. The molecule has 0 saturated heterocycles. The molecule has 0 aromatic heterocycles. The molecule has 0 aliphatic rings. The molecule has 15 heavy (non-hydrogen) atoms. The summed E-state index contributed by atoms with van der Waals surface area (Å²) in [6.45, 7) is 0. The third-order valence-electron chi connectivity index (χ3n) is 1.73. The highest BCUT2D eigenvalue weighted by atomic mass is 16.3. The first-order chi connectivity index (χ1) is 7.22. The highest BCUT2D eigenvalue weighted by molar-refractivity contribution is 5.70. The van der Waals surface area contributed by atoms with Gasteiger partial charge in [-0.15, -0.1) is 0 Å². The van der Waals surface area contributed by atoms with E-state index < -0.39 is 5.76 Å². The molecule has 0 amide bonds. The van der Waals surface area contributed by atoms with E-state index in [0.29, 0.717) is 5.56 Å². The van der Waals surface area contributed by atoms with Gasteiger partial charge in [-0.05, 0) is 12.1 Å². The van der Waals surface area contributed by atoms with Crippen molar-refractivity contribution in [1.29, 1.82) is 15.8 Å². The van der Waals surface area contributed by atoms with Gasteiger partial charge in [0.15, 0.2) is 11.3 Å². The van der Waals surface area contributed by atoms with Crippen LogP contribution in [0.25, 0.3) is 5.76 Å². The Morgan fingerprint density at radius 3 is 2.33 bits per heavy atom. The van der Waals surface area contributed by atoms with E-state index in [1.165, 1.54) is 12.1 Å². The number of benzene rings is 1. The van der Waals surface area contributed by atoms with Gasteiger partial charge in [0.1, 0.15) is 12.1 Å². The van der Waals surface area contributed by atoms with Crippen LogP contribution in [-0.4, -0.2) is 5.11 Å². The Morgan fingerprint density at radius 2 is 1.80 bits per heavy atom. The molecule has 0 spiro atoms. The molecule has 4 heteroatoms. The molecule has 4 nitrogen and oxygen atoms in total. The lowest BCUT2D eigenvalue weighted by molar-refractivity contribution is 0.510. The second-order valence-corrected chi connectivity index (χ2v) is 2.64. The normalized spacial score (nSPS) is 8.07. The summed E-state index contributed by atoms with van der Waals surface area (Å²) in [6.07, 6.45) is 0. The molecule has 0 aliphatic carbocycles. The van der Waals surface area contributed by atoms with E-state index in [1.54, 1.807) is 24.3 Å². The maximum Gasteiger partial charge on any atom is 0.171 e. The summed E-state index contributed by atoms with van der Waals surface area (Å²) >= 11 is 0. The molecule has 0 radical (unpaired) electrons. The predicted octanol–water partition coefficient (Wildman–Crippen LogP) is 1.87. The molecule has 0 saturated carbocycles. The summed E-state index contributed by atoms with van der Waals surface area (Å²) in [4.78, 5) is 0. The van der Waals surface area contributed by atoms with E-state index in [9.17, 15) is 5.11 Å². The van der Waals surface area contributed by atoms with E-state index in [0.717, 1.165) is 0 Å². The molecular weight excluding hydrogens is 190 g/mol. The molecule has 1 aromatic rings. The van der Waals surface area contributed by atoms with E-state index in [2.05, 4.69) is 0 Å². The quantitative estimate of drug-likeness (QED) is 0.546. The minimum Gasteiger partial charge on any atom is -0.505 e. The summed E-state index contributed by atoms with van der Waals surface area (Å²) in [6, 6.07) is 11.1. The summed E-state index contributed by atoms with van der Waals surface area (Å²) in [7, 11) is 0. The molecule has 1 aromatic carbocycles. The van der Waals surface area contributed by atoms with E-state index in [-0.39, 0.29) is 11.1 Å². The number of nitriles is 3. The molecule has 0 aliphatic heterocycles. The molecule has 0 bridgehead atoms. The number of allylic oxidation sites excluding steroid dienone is 1. The summed E-state index contributed by atoms with van der Waals surface area (Å²) in [5.41, 5.74) is 0.270. The third-order valence-corrected chi connectivity index (χ3v) is 1.73. The molecule has 0 heterocycles. The maximum atomic E-state index is 9.53. The first-order valence-corrected chi connectivity index (χ1v) is 3.97. The molecule has 0 fully saturated rings. The first kappa shape index (κ1) is 10.3. The molecule has 0 atom stereocenters. The Balaban J connectivity index is 3.32. The van der Waals surface area contributed by atoms with E-state index >= 15 is 0 Å². The van der Waals surface area contributed by atoms with Gasteiger partial charge in [0.2, 0.25) is 0 Å². The van der Waals surface area contributed by atoms with Crippen LogP contribution in [0.2, 0.25) is 0 Å². The zero-order chi connectivity index (χ0) is 11.3. The monoisotopic (exact) mass is 195 g/mol. The van der Waals surface area contributed by atoms with E-state index in [1.807, 2.05) is 6.07 Å². The Hall–Kier alpha value is -2.77. The van der Waals surface area contributed by atoms with Crippen molar-refractivity contribution in [3.05, 3.63) is 41.0 Å². The predicted molar refractivity (Wildman–Crippen MR) is 51.9 cm³/mol. The van der Waals surface area contributed by atoms with Crippen LogP contribution in [0.1, 0.15) is 11.1 Å². The maximum absolute atomic E-state index is 9.53. The van der Waals surface area contributed by atoms with Gasteiger partial charge in [0, 0.05) is 5.56 Å². The zero-order valence-electron chi connectivity index (χ0n) is 7.60. The smallest absolute Gasteiger partial charge is 0.171 e. The van der Waals surface area contributed by atoms with Crippen LogP contribution in [0.5, 0.6) is 0 Å². The molecule has 1 N–H and O–H groups in total. The lowest BCUT2D eigenvalue weighted by Gasteiger charge is -1.99. The number of hydrogen-bond donors (Lipinski definition) is 1. The molecule has 70 valence electrons. The van der Waals surface area contributed by atoms with Crippen LogP contribution in [0.4, 0.5) is 0 Å². The van der Waals surface area contributed by atoms with Crippen LogP contribution in [0.3, 0.4) is 0 Å². The fourth-order valence-corrected chi connectivity index (χ4v) is 1.01. The van der Waals surface area contributed by atoms with Crippen molar-refractivity contribution >= 4 is 5.76 Å². The van der Waals surface area contributed by atoms with Crippen LogP contribution in [-0.2, 0) is 0 Å². The summed E-state index contributed by atoms with van der Waals surface area (Å²) < 4.78 is 0. The van der Waals surface area contributed by atoms with Crippen LogP contribution < -0.4 is 0 Å². The van der Waals surface area contributed by atoms with Gasteiger partial charge in [-0.3, -0.25) is 0 Å². The van der Waals surface area contributed by atoms with E-state index in [4.69, 9.17) is 15.8 Å². The first-order valence-electron chi connectivity index (χ1n) is 3.97. The van der Waals surface area contributed by atoms with Crippen molar-refractivity contribution in [3.63, 3.8) is 0 Å². The largest absolute Gasteiger partial charge is 0.505 e. The average Bonchev–Trinajstić information content (AvgIpc) is 2.30. The lowest BCUT2D eigenvalue weighted by atomic mass is 10.1. The molecule has 0 unspecified atom stereocenters. The highest BCUT2D eigenvalue weighted by Gasteiger charge is 2.07. The Bertz CT molecular complexity index is 522. The van der Waals surface area contributed by atoms with Crippen molar-refractivity contribution in [2.24, 2.45) is 0 Å². The van der Waals surface area contributed by atoms with Crippen molar-refractivity contribution in [1.82, 2.24) is 0 Å². The van der Waals surface area contributed by atoms with Crippen molar-refractivity contribution in [3.8, 4) is 18.2 Å². The fourth-order valence-electron chi connectivity index (χ4n) is 1.01. The van der Waals surface area contributed by atoms with Crippen molar-refractivity contribution in [2.45, 2.75) is 0 Å². The Kier molecular flexibility index (Phi) is 3.07. The number of nitrogens with zero attached hydrogens (tertiary/aromatic N) is 3. The lowest BCUT2D eigenvalue weighted by Crippen LogP contribution is -1.88. The second kappa shape index (κ2) is 4.46. The molecular formula is C11H5N3O.